The van der Waals surface area contributed by atoms with Crippen molar-refractivity contribution in [3.63, 3.8) is 0 Å². The van der Waals surface area contributed by atoms with E-state index in [1.807, 2.05) is 13.0 Å². The van der Waals surface area contributed by atoms with Crippen LogP contribution in [-0.4, -0.2) is 17.1 Å². The van der Waals surface area contributed by atoms with E-state index in [0.717, 1.165) is 18.1 Å². The second-order valence-electron chi connectivity index (χ2n) is 6.26. The van der Waals surface area contributed by atoms with Crippen molar-refractivity contribution in [1.29, 1.82) is 0 Å². The molecule has 0 bridgehead atoms. The zero-order chi connectivity index (χ0) is 13.8. The van der Waals surface area contributed by atoms with E-state index in [1.165, 1.54) is 5.56 Å². The maximum Gasteiger partial charge on any atom is 0.213 e. The molecule has 0 atom stereocenters. The number of nitrogens with one attached hydrogen (secondary N) is 1. The standard InChI is InChI=1S/C15H26N2O/c1-11(2)10-18-14-8-13(7-12(3)17-14)9-16-15(4,5)6/h7-8,11,16H,9-10H2,1-6H3. The van der Waals surface area contributed by atoms with E-state index in [2.05, 4.69) is 51.0 Å². The summed E-state index contributed by atoms with van der Waals surface area (Å²) < 4.78 is 5.68. The van der Waals surface area contributed by atoms with Crippen LogP contribution in [0, 0.1) is 12.8 Å². The van der Waals surface area contributed by atoms with Gasteiger partial charge in [0.15, 0.2) is 0 Å². The molecule has 3 nitrogen and oxygen atoms in total. The van der Waals surface area contributed by atoms with Crippen LogP contribution in [-0.2, 0) is 6.54 Å². The summed E-state index contributed by atoms with van der Waals surface area (Å²) >= 11 is 0. The molecule has 1 aromatic heterocycles. The molecule has 1 N–H and O–H groups in total. The Hall–Kier alpha value is -1.09. The van der Waals surface area contributed by atoms with E-state index in [-0.39, 0.29) is 5.54 Å². The lowest BCUT2D eigenvalue weighted by Crippen LogP contribution is -2.35. The first-order chi connectivity index (χ1) is 8.26. The summed E-state index contributed by atoms with van der Waals surface area (Å²) in [5, 5.41) is 3.47. The largest absolute Gasteiger partial charge is 0.477 e. The fourth-order valence-corrected chi connectivity index (χ4v) is 1.50. The molecule has 102 valence electrons. The quantitative estimate of drug-likeness (QED) is 0.870. The van der Waals surface area contributed by atoms with Gasteiger partial charge >= 0.3 is 0 Å². The lowest BCUT2D eigenvalue weighted by Gasteiger charge is -2.21. The van der Waals surface area contributed by atoms with Crippen molar-refractivity contribution in [2.75, 3.05) is 6.61 Å². The summed E-state index contributed by atoms with van der Waals surface area (Å²) in [6.45, 7) is 14.3. The van der Waals surface area contributed by atoms with Crippen LogP contribution in [0.3, 0.4) is 0 Å². The molecule has 1 aromatic rings. The molecule has 0 radical (unpaired) electrons. The molecule has 0 saturated heterocycles. The zero-order valence-corrected chi connectivity index (χ0v) is 12.5. The topological polar surface area (TPSA) is 34.1 Å². The Labute approximate surface area is 111 Å². The molecular formula is C15H26N2O. The summed E-state index contributed by atoms with van der Waals surface area (Å²) in [6.07, 6.45) is 0. The number of ether oxygens (including phenoxy) is 1. The van der Waals surface area contributed by atoms with Gasteiger partial charge in [-0.2, -0.15) is 0 Å². The third kappa shape index (κ3) is 6.01. The van der Waals surface area contributed by atoms with E-state index in [0.29, 0.717) is 12.5 Å². The Morgan fingerprint density at radius 2 is 1.94 bits per heavy atom. The number of aryl methyl sites for hydroxylation is 1. The van der Waals surface area contributed by atoms with E-state index in [4.69, 9.17) is 4.74 Å². The van der Waals surface area contributed by atoms with Crippen LogP contribution in [0.15, 0.2) is 12.1 Å². The van der Waals surface area contributed by atoms with Crippen LogP contribution in [0.1, 0.15) is 45.9 Å². The van der Waals surface area contributed by atoms with Crippen LogP contribution in [0.25, 0.3) is 0 Å². The van der Waals surface area contributed by atoms with E-state index in [9.17, 15) is 0 Å². The maximum atomic E-state index is 5.68. The third-order valence-corrected chi connectivity index (χ3v) is 2.38. The van der Waals surface area contributed by atoms with Gasteiger partial charge in [-0.25, -0.2) is 4.98 Å². The van der Waals surface area contributed by atoms with Crippen molar-refractivity contribution < 1.29 is 4.74 Å². The van der Waals surface area contributed by atoms with Gasteiger partial charge < -0.3 is 10.1 Å². The number of rotatable bonds is 5. The average molecular weight is 250 g/mol. The lowest BCUT2D eigenvalue weighted by atomic mass is 10.1. The molecule has 1 heterocycles. The lowest BCUT2D eigenvalue weighted by molar-refractivity contribution is 0.260. The molecule has 0 aliphatic heterocycles. The van der Waals surface area contributed by atoms with Crippen LogP contribution >= 0.6 is 0 Å². The maximum absolute atomic E-state index is 5.68. The molecule has 0 aromatic carbocycles. The molecule has 0 fully saturated rings. The highest BCUT2D eigenvalue weighted by molar-refractivity contribution is 5.24. The number of aromatic nitrogens is 1. The van der Waals surface area contributed by atoms with Gasteiger partial charge in [0.2, 0.25) is 5.88 Å². The van der Waals surface area contributed by atoms with Crippen LogP contribution in [0.5, 0.6) is 5.88 Å². The van der Waals surface area contributed by atoms with Gasteiger partial charge in [-0.1, -0.05) is 13.8 Å². The van der Waals surface area contributed by atoms with E-state index < -0.39 is 0 Å². The fourth-order valence-electron chi connectivity index (χ4n) is 1.50. The van der Waals surface area contributed by atoms with Crippen molar-refractivity contribution >= 4 is 0 Å². The third-order valence-electron chi connectivity index (χ3n) is 2.38. The van der Waals surface area contributed by atoms with Gasteiger partial charge in [0.1, 0.15) is 0 Å². The van der Waals surface area contributed by atoms with Crippen LogP contribution in [0.4, 0.5) is 0 Å². The molecule has 0 amide bonds. The first-order valence-corrected chi connectivity index (χ1v) is 6.61. The number of nitrogens with zero attached hydrogens (tertiary/aromatic N) is 1. The molecule has 1 rings (SSSR count). The molecule has 0 unspecified atom stereocenters. The Morgan fingerprint density at radius 1 is 1.28 bits per heavy atom. The summed E-state index contributed by atoms with van der Waals surface area (Å²) in [7, 11) is 0. The van der Waals surface area contributed by atoms with Crippen LogP contribution < -0.4 is 10.1 Å². The Bertz CT molecular complexity index is 381. The average Bonchev–Trinajstić information content (AvgIpc) is 2.22. The molecule has 18 heavy (non-hydrogen) atoms. The predicted molar refractivity (Wildman–Crippen MR) is 75.9 cm³/mol. The molecule has 0 aliphatic carbocycles. The molecule has 0 saturated carbocycles. The highest BCUT2D eigenvalue weighted by Crippen LogP contribution is 2.14. The van der Waals surface area contributed by atoms with Gasteiger partial charge in [0.05, 0.1) is 6.61 Å². The molecule has 0 aliphatic rings. The fraction of sp³-hybridized carbons (Fsp3) is 0.667. The number of pyridine rings is 1. The van der Waals surface area contributed by atoms with Crippen molar-refractivity contribution in [3.05, 3.63) is 23.4 Å². The predicted octanol–water partition coefficient (Wildman–Crippen LogP) is 3.31. The summed E-state index contributed by atoms with van der Waals surface area (Å²) in [5.41, 5.74) is 2.34. The van der Waals surface area contributed by atoms with Crippen LogP contribution in [0.2, 0.25) is 0 Å². The number of hydrogen-bond donors (Lipinski definition) is 1. The van der Waals surface area contributed by atoms with E-state index >= 15 is 0 Å². The molecular weight excluding hydrogens is 224 g/mol. The highest BCUT2D eigenvalue weighted by atomic mass is 16.5. The van der Waals surface area contributed by atoms with Crippen molar-refractivity contribution in [1.82, 2.24) is 10.3 Å². The summed E-state index contributed by atoms with van der Waals surface area (Å²) in [5.74, 6) is 1.25. The first-order valence-electron chi connectivity index (χ1n) is 6.61. The van der Waals surface area contributed by atoms with Crippen molar-refractivity contribution in [3.8, 4) is 5.88 Å². The highest BCUT2D eigenvalue weighted by Gasteiger charge is 2.09. The van der Waals surface area contributed by atoms with Gasteiger partial charge in [-0.15, -0.1) is 0 Å². The monoisotopic (exact) mass is 250 g/mol. The second-order valence-corrected chi connectivity index (χ2v) is 6.26. The smallest absolute Gasteiger partial charge is 0.213 e. The van der Waals surface area contributed by atoms with Crippen molar-refractivity contribution in [2.24, 2.45) is 5.92 Å². The number of hydrogen-bond acceptors (Lipinski definition) is 3. The Kier molecular flexibility index (Phi) is 5.15. The van der Waals surface area contributed by atoms with Gasteiger partial charge in [-0.3, -0.25) is 0 Å². The molecule has 3 heteroatoms. The minimum absolute atomic E-state index is 0.121. The van der Waals surface area contributed by atoms with Crippen molar-refractivity contribution in [2.45, 2.75) is 53.6 Å². The SMILES string of the molecule is Cc1cc(CNC(C)(C)C)cc(OCC(C)C)n1. The van der Waals surface area contributed by atoms with Gasteiger partial charge in [0, 0.05) is 23.8 Å². The van der Waals surface area contributed by atoms with Gasteiger partial charge in [0.25, 0.3) is 0 Å². The zero-order valence-electron chi connectivity index (χ0n) is 12.5. The molecule has 0 spiro atoms. The Morgan fingerprint density at radius 3 is 2.50 bits per heavy atom. The van der Waals surface area contributed by atoms with Gasteiger partial charge in [-0.05, 0) is 45.2 Å². The Balaban J connectivity index is 2.68. The second kappa shape index (κ2) is 6.19. The summed E-state index contributed by atoms with van der Waals surface area (Å²) in [4.78, 5) is 4.40. The normalized spacial score (nSPS) is 11.9. The minimum atomic E-state index is 0.121. The first kappa shape index (κ1) is 15.0. The summed E-state index contributed by atoms with van der Waals surface area (Å²) in [6, 6.07) is 4.12. The van der Waals surface area contributed by atoms with E-state index in [1.54, 1.807) is 0 Å². The minimum Gasteiger partial charge on any atom is -0.477 e.